The second kappa shape index (κ2) is 7.89. The third kappa shape index (κ3) is 3.36. The largest absolute Gasteiger partial charge is 0.397 e. The van der Waals surface area contributed by atoms with Crippen molar-refractivity contribution in [3.8, 4) is 22.4 Å². The van der Waals surface area contributed by atoms with E-state index in [4.69, 9.17) is 5.73 Å². The molecule has 4 nitrogen and oxygen atoms in total. The van der Waals surface area contributed by atoms with Gasteiger partial charge in [-0.25, -0.2) is 0 Å². The molecule has 0 saturated heterocycles. The minimum atomic E-state index is 0.681. The summed E-state index contributed by atoms with van der Waals surface area (Å²) in [7, 11) is 0. The molecule has 0 aliphatic heterocycles. The van der Waals surface area contributed by atoms with Gasteiger partial charge in [0.1, 0.15) is 10.5 Å². The zero-order valence-electron chi connectivity index (χ0n) is 16.1. The van der Waals surface area contributed by atoms with Crippen LogP contribution in [0.4, 0.5) is 11.4 Å². The third-order valence-corrected chi connectivity index (χ3v) is 5.90. The number of para-hydroxylation sites is 1. The van der Waals surface area contributed by atoms with E-state index in [1.165, 1.54) is 11.3 Å². The maximum Gasteiger partial charge on any atom is 0.149 e. The van der Waals surface area contributed by atoms with E-state index in [2.05, 4.69) is 27.3 Å². The number of fused-ring (bicyclic) bond motifs is 1. The average molecular weight is 407 g/mol. The second-order valence-corrected chi connectivity index (χ2v) is 7.84. The summed E-state index contributed by atoms with van der Waals surface area (Å²) in [6, 6.07) is 30.1. The number of nitrogens with two attached hydrogens (primary N) is 1. The molecule has 0 unspecified atom stereocenters. The van der Waals surface area contributed by atoms with Crippen molar-refractivity contribution in [1.29, 1.82) is 0 Å². The third-order valence-electron chi connectivity index (χ3n) is 4.88. The van der Waals surface area contributed by atoms with Crippen molar-refractivity contribution in [1.82, 2.24) is 10.2 Å². The van der Waals surface area contributed by atoms with Crippen LogP contribution >= 0.6 is 11.3 Å². The first-order valence-corrected chi connectivity index (χ1v) is 10.4. The highest BCUT2D eigenvalue weighted by molar-refractivity contribution is 7.21. The molecule has 0 bridgehead atoms. The second-order valence-electron chi connectivity index (χ2n) is 6.81. The summed E-state index contributed by atoms with van der Waals surface area (Å²) in [5, 5.41) is 10.0. The Morgan fingerprint density at radius 1 is 0.733 bits per heavy atom. The van der Waals surface area contributed by atoms with Crippen molar-refractivity contribution in [3.05, 3.63) is 95.9 Å². The summed E-state index contributed by atoms with van der Waals surface area (Å²) < 4.78 is 0. The van der Waals surface area contributed by atoms with Crippen LogP contribution in [0.1, 0.15) is 4.88 Å². The van der Waals surface area contributed by atoms with Gasteiger partial charge < -0.3 is 5.73 Å². The van der Waals surface area contributed by atoms with Gasteiger partial charge in [0.25, 0.3) is 0 Å². The molecular formula is C25H18N4S. The quantitative estimate of drug-likeness (QED) is 0.353. The number of thiophene rings is 1. The van der Waals surface area contributed by atoms with Crippen LogP contribution in [-0.4, -0.2) is 16.4 Å². The number of aromatic nitrogens is 2. The maximum absolute atomic E-state index is 6.64. The molecule has 0 atom stereocenters. The Morgan fingerprint density at radius 3 is 2.00 bits per heavy atom. The van der Waals surface area contributed by atoms with Crippen LogP contribution in [0, 0.1) is 0 Å². The van der Waals surface area contributed by atoms with Crippen molar-refractivity contribution in [3.63, 3.8) is 0 Å². The van der Waals surface area contributed by atoms with Crippen LogP contribution < -0.4 is 5.73 Å². The Hall–Kier alpha value is -3.83. The highest BCUT2D eigenvalue weighted by Gasteiger charge is 2.20. The van der Waals surface area contributed by atoms with E-state index in [1.54, 1.807) is 0 Å². The van der Waals surface area contributed by atoms with Crippen LogP contribution in [0.15, 0.2) is 96.0 Å². The fourth-order valence-electron chi connectivity index (χ4n) is 3.45. The van der Waals surface area contributed by atoms with Crippen LogP contribution in [0.5, 0.6) is 0 Å². The normalized spacial score (nSPS) is 11.3. The number of benzene rings is 3. The minimum Gasteiger partial charge on any atom is -0.397 e. The number of nitrogen functional groups attached to an aromatic ring is 1. The van der Waals surface area contributed by atoms with E-state index in [0.29, 0.717) is 5.69 Å². The summed E-state index contributed by atoms with van der Waals surface area (Å²) in [5.74, 6) is 0. The topological polar surface area (TPSA) is 64.2 Å². The Labute approximate surface area is 178 Å². The van der Waals surface area contributed by atoms with Gasteiger partial charge >= 0.3 is 0 Å². The molecule has 0 saturated carbocycles. The number of nitrogens with zero attached hydrogens (tertiary/aromatic N) is 3. The van der Waals surface area contributed by atoms with Crippen molar-refractivity contribution in [2.24, 2.45) is 4.99 Å². The molecule has 0 spiro atoms. The number of rotatable bonds is 4. The molecule has 2 heterocycles. The van der Waals surface area contributed by atoms with Gasteiger partial charge in [0.05, 0.1) is 16.3 Å². The first-order chi connectivity index (χ1) is 14.8. The molecule has 0 fully saturated rings. The predicted octanol–water partition coefficient (Wildman–Crippen LogP) is 6.36. The summed E-state index contributed by atoms with van der Waals surface area (Å²) >= 11 is 1.51. The Balaban J connectivity index is 1.74. The molecule has 30 heavy (non-hydrogen) atoms. The molecule has 5 aromatic rings. The fraction of sp³-hybridized carbons (Fsp3) is 0. The first kappa shape index (κ1) is 18.2. The number of anilines is 1. The van der Waals surface area contributed by atoms with Gasteiger partial charge in [-0.1, -0.05) is 78.9 Å². The molecule has 5 heteroatoms. The molecule has 144 valence electrons. The van der Waals surface area contributed by atoms with Crippen LogP contribution in [0.2, 0.25) is 0 Å². The molecule has 5 rings (SSSR count). The van der Waals surface area contributed by atoms with Crippen molar-refractivity contribution in [2.45, 2.75) is 0 Å². The summed E-state index contributed by atoms with van der Waals surface area (Å²) in [6.45, 7) is 0. The van der Waals surface area contributed by atoms with Crippen molar-refractivity contribution >= 4 is 39.1 Å². The molecule has 0 aliphatic rings. The van der Waals surface area contributed by atoms with E-state index in [0.717, 1.165) is 43.2 Å². The Bertz CT molecular complexity index is 1330. The minimum absolute atomic E-state index is 0.681. The fourth-order valence-corrected chi connectivity index (χ4v) is 4.37. The lowest BCUT2D eigenvalue weighted by Gasteiger charge is -2.10. The lowest BCUT2D eigenvalue weighted by atomic mass is 9.97. The van der Waals surface area contributed by atoms with E-state index in [-0.39, 0.29) is 0 Å². The summed E-state index contributed by atoms with van der Waals surface area (Å²) in [5.41, 5.74) is 12.1. The van der Waals surface area contributed by atoms with Gasteiger partial charge in [-0.3, -0.25) is 4.99 Å². The Kier molecular flexibility index (Phi) is 4.79. The molecule has 2 N–H and O–H groups in total. The van der Waals surface area contributed by atoms with Crippen LogP contribution in [0.3, 0.4) is 0 Å². The van der Waals surface area contributed by atoms with Crippen LogP contribution in [-0.2, 0) is 0 Å². The SMILES string of the molecule is Nc1c(C=Nc2ccccc2)sc2nnc(-c3ccccc3)c(-c3ccccc3)c12. The lowest BCUT2D eigenvalue weighted by molar-refractivity contribution is 1.09. The molecule has 0 amide bonds. The van der Waals surface area contributed by atoms with Gasteiger partial charge in [-0.2, -0.15) is 0 Å². The van der Waals surface area contributed by atoms with Crippen molar-refractivity contribution < 1.29 is 0 Å². The highest BCUT2D eigenvalue weighted by Crippen LogP contribution is 2.42. The molecule has 0 radical (unpaired) electrons. The van der Waals surface area contributed by atoms with Gasteiger partial charge in [0.2, 0.25) is 0 Å². The molecule has 3 aromatic carbocycles. The zero-order chi connectivity index (χ0) is 20.3. The summed E-state index contributed by atoms with van der Waals surface area (Å²) in [6.07, 6.45) is 1.81. The molecule has 0 aliphatic carbocycles. The van der Waals surface area contributed by atoms with Crippen molar-refractivity contribution in [2.75, 3.05) is 5.73 Å². The number of hydrogen-bond donors (Lipinski definition) is 1. The van der Waals surface area contributed by atoms with Gasteiger partial charge in [-0.05, 0) is 17.7 Å². The highest BCUT2D eigenvalue weighted by atomic mass is 32.1. The molecular weight excluding hydrogens is 388 g/mol. The van der Waals surface area contributed by atoms with Gasteiger partial charge in [-0.15, -0.1) is 21.5 Å². The van der Waals surface area contributed by atoms with Gasteiger partial charge in [0, 0.05) is 22.7 Å². The number of aliphatic imine (C=N–C) groups is 1. The maximum atomic E-state index is 6.64. The summed E-state index contributed by atoms with van der Waals surface area (Å²) in [4.78, 5) is 6.26. The van der Waals surface area contributed by atoms with Gasteiger partial charge in [0.15, 0.2) is 0 Å². The van der Waals surface area contributed by atoms with Crippen LogP contribution in [0.25, 0.3) is 32.6 Å². The average Bonchev–Trinajstić information content (AvgIpc) is 3.14. The number of hydrogen-bond acceptors (Lipinski definition) is 5. The van der Waals surface area contributed by atoms with E-state index in [1.807, 2.05) is 85.1 Å². The zero-order valence-corrected chi connectivity index (χ0v) is 16.9. The standard InChI is InChI=1S/C25H18N4S/c26-23-20(16-27-19-14-8-3-9-15-19)30-25-22(23)21(17-10-4-1-5-11-17)24(28-29-25)18-12-6-2-7-13-18/h1-16H,26H2. The smallest absolute Gasteiger partial charge is 0.149 e. The van der Waals surface area contributed by atoms with E-state index < -0.39 is 0 Å². The van der Waals surface area contributed by atoms with E-state index >= 15 is 0 Å². The predicted molar refractivity (Wildman–Crippen MR) is 126 cm³/mol. The van der Waals surface area contributed by atoms with E-state index in [9.17, 15) is 0 Å². The first-order valence-electron chi connectivity index (χ1n) is 9.60. The lowest BCUT2D eigenvalue weighted by Crippen LogP contribution is -1.96. The monoisotopic (exact) mass is 406 g/mol. The Morgan fingerprint density at radius 2 is 1.33 bits per heavy atom. The molecule has 2 aromatic heterocycles.